The molecule has 2 aromatic rings. The van der Waals surface area contributed by atoms with Gasteiger partial charge in [0.1, 0.15) is 5.15 Å². The van der Waals surface area contributed by atoms with E-state index in [2.05, 4.69) is 10.3 Å². The first-order valence-electron chi connectivity index (χ1n) is 5.35. The first-order chi connectivity index (χ1) is 9.49. The summed E-state index contributed by atoms with van der Waals surface area (Å²) in [7, 11) is 0. The first-order valence-corrected chi connectivity index (χ1v) is 5.72. The number of halogens is 2. The SMILES string of the molecule is O=C(Nc1ccc([N+](=O)[O-])cc1F)c1cccnc1Cl. The molecule has 0 aliphatic carbocycles. The van der Waals surface area contributed by atoms with Gasteiger partial charge >= 0.3 is 0 Å². The van der Waals surface area contributed by atoms with Crippen LogP contribution in [-0.2, 0) is 0 Å². The number of nitrogens with zero attached hydrogens (tertiary/aromatic N) is 2. The largest absolute Gasteiger partial charge is 0.319 e. The van der Waals surface area contributed by atoms with Crippen LogP contribution in [0.1, 0.15) is 10.4 Å². The van der Waals surface area contributed by atoms with Gasteiger partial charge in [-0.05, 0) is 18.2 Å². The van der Waals surface area contributed by atoms with Gasteiger partial charge in [-0.1, -0.05) is 11.6 Å². The van der Waals surface area contributed by atoms with E-state index in [4.69, 9.17) is 11.6 Å². The molecule has 1 aromatic carbocycles. The molecule has 0 fully saturated rings. The number of amides is 1. The van der Waals surface area contributed by atoms with Gasteiger partial charge in [-0.25, -0.2) is 9.37 Å². The average Bonchev–Trinajstić information content (AvgIpc) is 2.41. The summed E-state index contributed by atoms with van der Waals surface area (Å²) in [5.41, 5.74) is -0.507. The van der Waals surface area contributed by atoms with Crippen molar-refractivity contribution < 1.29 is 14.1 Å². The van der Waals surface area contributed by atoms with Crippen LogP contribution in [0.5, 0.6) is 0 Å². The molecule has 0 spiro atoms. The van der Waals surface area contributed by atoms with E-state index in [9.17, 15) is 19.3 Å². The standard InChI is InChI=1S/C12H7ClFN3O3/c13-11-8(2-1-5-15-11)12(18)16-10-4-3-7(17(19)20)6-9(10)14/h1-6H,(H,16,18). The minimum atomic E-state index is -0.910. The number of nitro groups is 1. The highest BCUT2D eigenvalue weighted by molar-refractivity contribution is 6.33. The molecule has 0 aliphatic rings. The van der Waals surface area contributed by atoms with Gasteiger partial charge in [-0.3, -0.25) is 14.9 Å². The zero-order valence-electron chi connectivity index (χ0n) is 9.84. The third-order valence-electron chi connectivity index (χ3n) is 2.42. The maximum absolute atomic E-state index is 13.6. The topological polar surface area (TPSA) is 85.1 Å². The Labute approximate surface area is 117 Å². The van der Waals surface area contributed by atoms with Gasteiger partial charge in [-0.2, -0.15) is 0 Å². The summed E-state index contributed by atoms with van der Waals surface area (Å²) in [5, 5.41) is 12.7. The second-order valence-electron chi connectivity index (χ2n) is 3.72. The lowest BCUT2D eigenvalue weighted by molar-refractivity contribution is -0.385. The molecule has 1 heterocycles. The minimum absolute atomic E-state index is 0.0210. The van der Waals surface area contributed by atoms with Gasteiger partial charge in [0.2, 0.25) is 0 Å². The summed E-state index contributed by atoms with van der Waals surface area (Å²) in [6.07, 6.45) is 1.41. The molecule has 1 N–H and O–H groups in total. The van der Waals surface area contributed by atoms with Crippen molar-refractivity contribution in [1.29, 1.82) is 0 Å². The van der Waals surface area contributed by atoms with Crippen molar-refractivity contribution in [3.8, 4) is 0 Å². The fourth-order valence-electron chi connectivity index (χ4n) is 1.46. The van der Waals surface area contributed by atoms with Crippen molar-refractivity contribution in [3.63, 3.8) is 0 Å². The molecule has 20 heavy (non-hydrogen) atoms. The Balaban J connectivity index is 2.25. The van der Waals surface area contributed by atoms with E-state index in [1.54, 1.807) is 0 Å². The summed E-state index contributed by atoms with van der Waals surface area (Å²) in [4.78, 5) is 25.3. The molecule has 102 valence electrons. The van der Waals surface area contributed by atoms with Crippen LogP contribution >= 0.6 is 11.6 Å². The van der Waals surface area contributed by atoms with Gasteiger partial charge in [0.25, 0.3) is 11.6 Å². The van der Waals surface area contributed by atoms with Gasteiger partial charge < -0.3 is 5.32 Å². The van der Waals surface area contributed by atoms with Crippen molar-refractivity contribution in [3.05, 3.63) is 63.2 Å². The number of benzene rings is 1. The third-order valence-corrected chi connectivity index (χ3v) is 2.72. The third kappa shape index (κ3) is 2.89. The van der Waals surface area contributed by atoms with Crippen LogP contribution < -0.4 is 5.32 Å². The minimum Gasteiger partial charge on any atom is -0.319 e. The van der Waals surface area contributed by atoms with Crippen molar-refractivity contribution in [2.24, 2.45) is 0 Å². The second kappa shape index (κ2) is 5.62. The molecule has 6 nitrogen and oxygen atoms in total. The van der Waals surface area contributed by atoms with E-state index < -0.39 is 22.3 Å². The smallest absolute Gasteiger partial charge is 0.272 e. The highest BCUT2D eigenvalue weighted by Gasteiger charge is 2.15. The van der Waals surface area contributed by atoms with E-state index in [0.717, 1.165) is 18.2 Å². The Morgan fingerprint density at radius 1 is 1.40 bits per heavy atom. The zero-order valence-corrected chi connectivity index (χ0v) is 10.6. The highest BCUT2D eigenvalue weighted by Crippen LogP contribution is 2.22. The van der Waals surface area contributed by atoms with Crippen molar-refractivity contribution in [2.75, 3.05) is 5.32 Å². The van der Waals surface area contributed by atoms with E-state index in [0.29, 0.717) is 0 Å². The summed E-state index contributed by atoms with van der Waals surface area (Å²) in [6, 6.07) is 5.85. The molecular weight excluding hydrogens is 289 g/mol. The van der Waals surface area contributed by atoms with Crippen LogP contribution in [0.2, 0.25) is 5.15 Å². The Kier molecular flexibility index (Phi) is 3.90. The quantitative estimate of drug-likeness (QED) is 0.536. The number of nitro benzene ring substituents is 1. The molecule has 0 unspecified atom stereocenters. The maximum atomic E-state index is 13.6. The number of carbonyl (C=O) groups is 1. The molecule has 0 aliphatic heterocycles. The number of carbonyl (C=O) groups excluding carboxylic acids is 1. The number of pyridine rings is 1. The van der Waals surface area contributed by atoms with E-state index in [1.165, 1.54) is 18.3 Å². The van der Waals surface area contributed by atoms with Gasteiger partial charge in [0.15, 0.2) is 5.82 Å². The number of rotatable bonds is 3. The fourth-order valence-corrected chi connectivity index (χ4v) is 1.67. The number of aromatic nitrogens is 1. The Hall–Kier alpha value is -2.54. The molecular formula is C12H7ClFN3O3. The van der Waals surface area contributed by atoms with Gasteiger partial charge in [0, 0.05) is 12.3 Å². The van der Waals surface area contributed by atoms with Crippen LogP contribution in [0.25, 0.3) is 0 Å². The maximum Gasteiger partial charge on any atom is 0.272 e. The number of nitrogens with one attached hydrogen (secondary N) is 1. The highest BCUT2D eigenvalue weighted by atomic mass is 35.5. The Bertz CT molecular complexity index is 693. The fraction of sp³-hybridized carbons (Fsp3) is 0. The molecule has 8 heteroatoms. The zero-order chi connectivity index (χ0) is 14.7. The molecule has 0 saturated carbocycles. The number of non-ortho nitro benzene ring substituents is 1. The predicted octanol–water partition coefficient (Wildman–Crippen LogP) is 3.03. The van der Waals surface area contributed by atoms with Gasteiger partial charge in [-0.15, -0.1) is 0 Å². The summed E-state index contributed by atoms with van der Waals surface area (Å²) >= 11 is 5.74. The lowest BCUT2D eigenvalue weighted by Crippen LogP contribution is -2.14. The Morgan fingerprint density at radius 2 is 2.15 bits per heavy atom. The Morgan fingerprint density at radius 3 is 2.75 bits per heavy atom. The molecule has 0 saturated heterocycles. The molecule has 2 rings (SSSR count). The van der Waals surface area contributed by atoms with Crippen molar-refractivity contribution in [2.45, 2.75) is 0 Å². The van der Waals surface area contributed by atoms with Crippen LogP contribution in [-0.4, -0.2) is 15.8 Å². The number of anilines is 1. The number of hydrogen-bond donors (Lipinski definition) is 1. The van der Waals surface area contributed by atoms with E-state index in [-0.39, 0.29) is 16.4 Å². The molecule has 1 amide bonds. The normalized spacial score (nSPS) is 10.1. The summed E-state index contributed by atoms with van der Waals surface area (Å²) in [5.74, 6) is -1.57. The van der Waals surface area contributed by atoms with Gasteiger partial charge in [0.05, 0.1) is 22.2 Å². The summed E-state index contributed by atoms with van der Waals surface area (Å²) < 4.78 is 13.6. The second-order valence-corrected chi connectivity index (χ2v) is 4.08. The first kappa shape index (κ1) is 13.9. The van der Waals surface area contributed by atoms with Crippen molar-refractivity contribution in [1.82, 2.24) is 4.98 Å². The lowest BCUT2D eigenvalue weighted by Gasteiger charge is -2.06. The van der Waals surface area contributed by atoms with Crippen LogP contribution in [0.15, 0.2) is 36.5 Å². The van der Waals surface area contributed by atoms with Crippen LogP contribution in [0.4, 0.5) is 15.8 Å². The van der Waals surface area contributed by atoms with E-state index in [1.807, 2.05) is 0 Å². The van der Waals surface area contributed by atoms with Crippen LogP contribution in [0, 0.1) is 15.9 Å². The molecule has 0 atom stereocenters. The monoisotopic (exact) mass is 295 g/mol. The average molecular weight is 296 g/mol. The lowest BCUT2D eigenvalue weighted by atomic mass is 10.2. The van der Waals surface area contributed by atoms with Crippen molar-refractivity contribution >= 4 is 28.9 Å². The summed E-state index contributed by atoms with van der Waals surface area (Å²) in [6.45, 7) is 0. The van der Waals surface area contributed by atoms with Crippen LogP contribution in [0.3, 0.4) is 0 Å². The predicted molar refractivity (Wildman–Crippen MR) is 70.3 cm³/mol. The molecule has 1 aromatic heterocycles. The number of hydrogen-bond acceptors (Lipinski definition) is 4. The van der Waals surface area contributed by atoms with E-state index >= 15 is 0 Å². The molecule has 0 bridgehead atoms. The molecule has 0 radical (unpaired) electrons.